The Bertz CT molecular complexity index is 788. The third-order valence-electron chi connectivity index (χ3n) is 4.31. The highest BCUT2D eigenvalue weighted by molar-refractivity contribution is 5.70. The number of aliphatic hydroxyl groups is 2. The van der Waals surface area contributed by atoms with Crippen molar-refractivity contribution in [3.63, 3.8) is 0 Å². The van der Waals surface area contributed by atoms with Crippen molar-refractivity contribution in [2.75, 3.05) is 18.9 Å². The minimum Gasteiger partial charge on any atom is -0.393 e. The summed E-state index contributed by atoms with van der Waals surface area (Å²) in [5.74, 6) is -0.0430. The molecule has 0 spiro atoms. The van der Waals surface area contributed by atoms with Gasteiger partial charge >= 0.3 is 0 Å². The molecule has 22 heavy (non-hydrogen) atoms. The van der Waals surface area contributed by atoms with Gasteiger partial charge in [-0.25, -0.2) is 4.98 Å². The van der Waals surface area contributed by atoms with Crippen molar-refractivity contribution in [3.05, 3.63) is 16.7 Å². The number of fused-ring (bicyclic) bond motifs is 3. The van der Waals surface area contributed by atoms with Crippen LogP contribution in [0.1, 0.15) is 12.6 Å². The number of ether oxygens (including phenoxy) is 2. The summed E-state index contributed by atoms with van der Waals surface area (Å²) in [6.45, 7) is 0.0366. The largest absolute Gasteiger partial charge is 0.393 e. The molecule has 0 aliphatic carbocycles. The molecule has 0 saturated carbocycles. The molecular weight excluding hydrogens is 294 g/mol. The van der Waals surface area contributed by atoms with Crippen LogP contribution >= 0.6 is 0 Å². The molecular formula is C12H15N5O5. The van der Waals surface area contributed by atoms with Gasteiger partial charge in [0.05, 0.1) is 19.5 Å². The number of hydrogen-bond acceptors (Lipinski definition) is 8. The first kappa shape index (κ1) is 13.6. The summed E-state index contributed by atoms with van der Waals surface area (Å²) >= 11 is 0. The highest BCUT2D eigenvalue weighted by Gasteiger charge is 2.58. The number of aromatic amines is 1. The van der Waals surface area contributed by atoms with Crippen LogP contribution in [0.15, 0.2) is 11.1 Å². The minimum absolute atomic E-state index is 0.0430. The summed E-state index contributed by atoms with van der Waals surface area (Å²) in [5, 5.41) is 20.0. The van der Waals surface area contributed by atoms with Crippen LogP contribution in [0.2, 0.25) is 0 Å². The zero-order valence-corrected chi connectivity index (χ0v) is 11.5. The molecule has 4 heterocycles. The summed E-state index contributed by atoms with van der Waals surface area (Å²) in [4.78, 5) is 22.3. The Morgan fingerprint density at radius 1 is 1.59 bits per heavy atom. The molecule has 2 fully saturated rings. The lowest BCUT2D eigenvalue weighted by atomic mass is 9.90. The predicted molar refractivity (Wildman–Crippen MR) is 72.9 cm³/mol. The molecule has 118 valence electrons. The standard InChI is InChI=1S/C12H15N5O5/c13-11-15-8-5(9(20)16-11)14-4-17(8)10-6-7(19)12(3-18,22-10)1-2-21-6/h4,6-7,10,18-19H,1-3H2,(H3,13,15,16,20)/t6?,7?,10-,12-/m1/s1. The fraction of sp³-hybridized carbons (Fsp3) is 0.583. The number of H-pyrrole nitrogens is 1. The van der Waals surface area contributed by atoms with Gasteiger partial charge < -0.3 is 25.4 Å². The Morgan fingerprint density at radius 3 is 3.14 bits per heavy atom. The maximum atomic E-state index is 11.8. The van der Waals surface area contributed by atoms with Crippen LogP contribution in [0.3, 0.4) is 0 Å². The van der Waals surface area contributed by atoms with Crippen LogP contribution in [0.25, 0.3) is 11.2 Å². The molecule has 0 amide bonds. The van der Waals surface area contributed by atoms with Crippen molar-refractivity contribution in [1.82, 2.24) is 19.5 Å². The number of nitrogen functional groups attached to an aromatic ring is 1. The molecule has 2 bridgehead atoms. The lowest BCUT2D eigenvalue weighted by molar-refractivity contribution is -0.143. The van der Waals surface area contributed by atoms with Crippen LogP contribution < -0.4 is 11.3 Å². The molecule has 2 unspecified atom stereocenters. The van der Waals surface area contributed by atoms with Crippen LogP contribution in [-0.2, 0) is 9.47 Å². The van der Waals surface area contributed by atoms with Gasteiger partial charge in [0, 0.05) is 6.42 Å². The third-order valence-corrected chi connectivity index (χ3v) is 4.31. The number of hydrogen-bond donors (Lipinski definition) is 4. The van der Waals surface area contributed by atoms with Crippen molar-refractivity contribution in [2.45, 2.75) is 30.5 Å². The summed E-state index contributed by atoms with van der Waals surface area (Å²) in [6, 6.07) is 0. The quantitative estimate of drug-likeness (QED) is 0.503. The fourth-order valence-corrected chi connectivity index (χ4v) is 3.13. The molecule has 2 aliphatic heterocycles. The van der Waals surface area contributed by atoms with E-state index in [9.17, 15) is 15.0 Å². The molecule has 5 N–H and O–H groups in total. The number of aromatic nitrogens is 4. The second kappa shape index (κ2) is 4.49. The van der Waals surface area contributed by atoms with Crippen LogP contribution in [-0.4, -0.2) is 60.8 Å². The van der Waals surface area contributed by atoms with Gasteiger partial charge in [0.2, 0.25) is 5.95 Å². The Morgan fingerprint density at radius 2 is 2.41 bits per heavy atom. The van der Waals surface area contributed by atoms with Crippen molar-refractivity contribution in [3.8, 4) is 0 Å². The molecule has 0 aromatic carbocycles. The van der Waals surface area contributed by atoms with Crippen LogP contribution in [0.4, 0.5) is 5.95 Å². The predicted octanol–water partition coefficient (Wildman–Crippen LogP) is -1.89. The summed E-state index contributed by atoms with van der Waals surface area (Å²) in [5.41, 5.74) is 4.39. The van der Waals surface area contributed by atoms with Gasteiger partial charge in [-0.05, 0) is 0 Å². The molecule has 10 nitrogen and oxygen atoms in total. The molecule has 0 radical (unpaired) electrons. The third kappa shape index (κ3) is 1.66. The van der Waals surface area contributed by atoms with E-state index in [0.717, 1.165) is 0 Å². The van der Waals surface area contributed by atoms with Crippen molar-refractivity contribution in [1.29, 1.82) is 0 Å². The van der Waals surface area contributed by atoms with E-state index < -0.39 is 29.6 Å². The maximum Gasteiger partial charge on any atom is 0.280 e. The first-order valence-electron chi connectivity index (χ1n) is 6.86. The lowest BCUT2D eigenvalue weighted by Crippen LogP contribution is -2.51. The van der Waals surface area contributed by atoms with Gasteiger partial charge in [-0.3, -0.25) is 14.3 Å². The minimum atomic E-state index is -1.07. The first-order chi connectivity index (χ1) is 10.6. The Balaban J connectivity index is 1.85. The van der Waals surface area contributed by atoms with E-state index in [4.69, 9.17) is 15.2 Å². The molecule has 2 aromatic heterocycles. The van der Waals surface area contributed by atoms with E-state index in [1.807, 2.05) is 0 Å². The summed E-state index contributed by atoms with van der Waals surface area (Å²) in [6.07, 6.45) is -0.642. The number of imidazole rings is 1. The van der Waals surface area contributed by atoms with Crippen LogP contribution in [0.5, 0.6) is 0 Å². The molecule has 2 aromatic rings. The van der Waals surface area contributed by atoms with E-state index in [2.05, 4.69) is 15.0 Å². The second-order valence-electron chi connectivity index (χ2n) is 5.54. The van der Waals surface area contributed by atoms with Crippen molar-refractivity contribution < 1.29 is 19.7 Å². The van der Waals surface area contributed by atoms with E-state index in [1.165, 1.54) is 10.9 Å². The van der Waals surface area contributed by atoms with Crippen molar-refractivity contribution >= 4 is 17.1 Å². The van der Waals surface area contributed by atoms with Gasteiger partial charge in [-0.1, -0.05) is 0 Å². The molecule has 2 saturated heterocycles. The average molecular weight is 309 g/mol. The molecule has 2 aliphatic rings. The summed E-state index contributed by atoms with van der Waals surface area (Å²) < 4.78 is 12.9. The number of nitrogens with two attached hydrogens (primary N) is 1. The zero-order valence-electron chi connectivity index (χ0n) is 11.5. The van der Waals surface area contributed by atoms with E-state index in [0.29, 0.717) is 13.0 Å². The number of anilines is 1. The van der Waals surface area contributed by atoms with E-state index in [-0.39, 0.29) is 23.7 Å². The lowest BCUT2D eigenvalue weighted by Gasteiger charge is -2.33. The number of nitrogens with one attached hydrogen (secondary N) is 1. The number of rotatable bonds is 2. The molecule has 4 atom stereocenters. The molecule has 10 heteroatoms. The first-order valence-corrected chi connectivity index (χ1v) is 6.86. The smallest absolute Gasteiger partial charge is 0.280 e. The number of nitrogens with zero attached hydrogens (tertiary/aromatic N) is 3. The Kier molecular flexibility index (Phi) is 2.78. The normalized spacial score (nSPS) is 34.4. The fourth-order valence-electron chi connectivity index (χ4n) is 3.13. The van der Waals surface area contributed by atoms with Crippen LogP contribution in [0, 0.1) is 0 Å². The van der Waals surface area contributed by atoms with Gasteiger partial charge in [0.25, 0.3) is 5.56 Å². The molecule has 4 rings (SSSR count). The number of aliphatic hydroxyl groups excluding tert-OH is 2. The maximum absolute atomic E-state index is 11.8. The van der Waals surface area contributed by atoms with Gasteiger partial charge in [-0.15, -0.1) is 0 Å². The average Bonchev–Trinajstić information content (AvgIpc) is 2.94. The Labute approximate surface area is 123 Å². The second-order valence-corrected chi connectivity index (χ2v) is 5.54. The highest BCUT2D eigenvalue weighted by atomic mass is 16.6. The van der Waals surface area contributed by atoms with Gasteiger partial charge in [0.1, 0.15) is 17.8 Å². The van der Waals surface area contributed by atoms with Crippen molar-refractivity contribution in [2.24, 2.45) is 0 Å². The van der Waals surface area contributed by atoms with E-state index >= 15 is 0 Å². The topological polar surface area (TPSA) is 149 Å². The zero-order chi connectivity index (χ0) is 15.5. The highest BCUT2D eigenvalue weighted by Crippen LogP contribution is 2.44. The SMILES string of the molecule is Nc1nc2c(ncn2[C@@H]2O[C@@]3(CO)CCOC2C3O)c(=O)[nH]1. The van der Waals surface area contributed by atoms with E-state index in [1.54, 1.807) is 0 Å². The van der Waals surface area contributed by atoms with Gasteiger partial charge in [0.15, 0.2) is 17.4 Å². The monoisotopic (exact) mass is 309 g/mol. The van der Waals surface area contributed by atoms with Gasteiger partial charge in [-0.2, -0.15) is 4.98 Å². The summed E-state index contributed by atoms with van der Waals surface area (Å²) in [7, 11) is 0. The Hall–Kier alpha value is -2.01.